The smallest absolute Gasteiger partial charge is 0.398 e. The first-order valence-electron chi connectivity index (χ1n) is 8.40. The zero-order valence-electron chi connectivity index (χ0n) is 16.0. The third kappa shape index (κ3) is 4.52. The summed E-state index contributed by atoms with van der Waals surface area (Å²) in [6.45, 7) is 12.5. The van der Waals surface area contributed by atoms with Gasteiger partial charge < -0.3 is 14.4 Å². The van der Waals surface area contributed by atoms with Crippen LogP contribution < -0.4 is 0 Å². The van der Waals surface area contributed by atoms with Crippen LogP contribution in [0.5, 0.6) is 0 Å². The summed E-state index contributed by atoms with van der Waals surface area (Å²) in [7, 11) is -1.02. The van der Waals surface area contributed by atoms with Crippen LogP contribution in [0.25, 0.3) is 5.57 Å². The van der Waals surface area contributed by atoms with Gasteiger partial charge in [0.2, 0.25) is 0 Å². The zero-order valence-corrected chi connectivity index (χ0v) is 16.0. The topological polar surface area (TPSA) is 38.7 Å². The number of aliphatic hydroxyl groups is 1. The Balaban J connectivity index is 2.32. The van der Waals surface area contributed by atoms with Crippen molar-refractivity contribution in [2.24, 2.45) is 0 Å². The molecule has 0 spiro atoms. The second kappa shape index (κ2) is 6.61. The van der Waals surface area contributed by atoms with Gasteiger partial charge in [-0.2, -0.15) is 0 Å². The molecule has 0 amide bonds. The highest BCUT2D eigenvalue weighted by atomic mass is 19.1. The lowest BCUT2D eigenvalue weighted by atomic mass is 9.83. The molecular formula is C20H26BFO3. The molecule has 25 heavy (non-hydrogen) atoms. The van der Waals surface area contributed by atoms with Gasteiger partial charge in [-0.05, 0) is 71.7 Å². The molecule has 0 aliphatic carbocycles. The molecule has 1 N–H and O–H groups in total. The summed E-state index contributed by atoms with van der Waals surface area (Å²) in [5, 5.41) is 9.71. The highest BCUT2D eigenvalue weighted by Crippen LogP contribution is 2.40. The Labute approximate surface area is 150 Å². The van der Waals surface area contributed by atoms with Gasteiger partial charge in [0.1, 0.15) is 11.3 Å². The van der Waals surface area contributed by atoms with Gasteiger partial charge >= 0.3 is 7.12 Å². The van der Waals surface area contributed by atoms with Crippen LogP contribution in [-0.2, 0) is 9.31 Å². The summed E-state index contributed by atoms with van der Waals surface area (Å²) in [6.07, 6.45) is 0. The molecule has 1 aliphatic rings. The molecule has 0 bridgehead atoms. The van der Waals surface area contributed by atoms with Crippen molar-refractivity contribution in [1.82, 2.24) is 0 Å². The number of benzene rings is 1. The van der Waals surface area contributed by atoms with Crippen molar-refractivity contribution in [2.45, 2.75) is 65.3 Å². The van der Waals surface area contributed by atoms with E-state index in [9.17, 15) is 9.50 Å². The number of hydrogen-bond donors (Lipinski definition) is 1. The summed E-state index contributed by atoms with van der Waals surface area (Å²) in [6, 6.07) is 7.24. The first-order valence-corrected chi connectivity index (χ1v) is 8.40. The fraction of sp³-hybridized carbons (Fsp3) is 0.500. The van der Waals surface area contributed by atoms with Crippen molar-refractivity contribution >= 4 is 12.7 Å². The molecule has 3 nitrogen and oxygen atoms in total. The maximum absolute atomic E-state index is 14.9. The maximum Gasteiger partial charge on any atom is 0.525 e. The molecule has 0 atom stereocenters. The Kier molecular flexibility index (Phi) is 5.21. The summed E-state index contributed by atoms with van der Waals surface area (Å²) < 4.78 is 26.5. The lowest BCUT2D eigenvalue weighted by Crippen LogP contribution is -2.41. The van der Waals surface area contributed by atoms with Crippen molar-refractivity contribution < 1.29 is 18.8 Å². The van der Waals surface area contributed by atoms with E-state index in [-0.39, 0.29) is 0 Å². The van der Waals surface area contributed by atoms with E-state index >= 15 is 0 Å². The zero-order chi connectivity index (χ0) is 19.0. The minimum atomic E-state index is -1.07. The Bertz CT molecular complexity index is 732. The molecule has 1 fully saturated rings. The van der Waals surface area contributed by atoms with Crippen molar-refractivity contribution in [3.05, 3.63) is 41.1 Å². The first-order chi connectivity index (χ1) is 11.3. The first kappa shape index (κ1) is 19.7. The van der Waals surface area contributed by atoms with Crippen LogP contribution in [0.4, 0.5) is 4.39 Å². The number of halogens is 1. The molecule has 1 aromatic rings. The van der Waals surface area contributed by atoms with Gasteiger partial charge in [0, 0.05) is 5.56 Å². The average molecular weight is 344 g/mol. The Morgan fingerprint density at radius 3 is 2.24 bits per heavy atom. The number of rotatable bonds is 2. The maximum atomic E-state index is 14.9. The van der Waals surface area contributed by atoms with E-state index in [4.69, 9.17) is 9.31 Å². The lowest BCUT2D eigenvalue weighted by molar-refractivity contribution is 0.00578. The molecular weight excluding hydrogens is 318 g/mol. The van der Waals surface area contributed by atoms with E-state index in [1.54, 1.807) is 26.8 Å². The highest BCUT2D eigenvalue weighted by Gasteiger charge is 2.53. The van der Waals surface area contributed by atoms with E-state index in [0.717, 1.165) is 0 Å². The highest BCUT2D eigenvalue weighted by molar-refractivity contribution is 6.55. The summed E-state index contributed by atoms with van der Waals surface area (Å²) in [5.41, 5.74) is -0.827. The largest absolute Gasteiger partial charge is 0.525 e. The van der Waals surface area contributed by atoms with Crippen LogP contribution in [0.3, 0.4) is 0 Å². The van der Waals surface area contributed by atoms with Gasteiger partial charge in [0.05, 0.1) is 11.2 Å². The summed E-state index contributed by atoms with van der Waals surface area (Å²) in [5.74, 6) is 5.66. The van der Waals surface area contributed by atoms with E-state index in [1.165, 1.54) is 0 Å². The van der Waals surface area contributed by atoms with Crippen LogP contribution >= 0.6 is 0 Å². The Morgan fingerprint density at radius 2 is 1.72 bits per heavy atom. The molecule has 1 heterocycles. The van der Waals surface area contributed by atoms with Crippen molar-refractivity contribution in [3.63, 3.8) is 0 Å². The third-order valence-electron chi connectivity index (χ3n) is 4.63. The van der Waals surface area contributed by atoms with Gasteiger partial charge in [-0.25, -0.2) is 4.39 Å². The monoisotopic (exact) mass is 344 g/mol. The van der Waals surface area contributed by atoms with Crippen LogP contribution in [-0.4, -0.2) is 29.0 Å². The number of allylic oxidation sites excluding steroid dienone is 1. The minimum absolute atomic E-state index is 0.439. The summed E-state index contributed by atoms with van der Waals surface area (Å²) >= 11 is 0. The van der Waals surface area contributed by atoms with Crippen molar-refractivity contribution in [3.8, 4) is 11.8 Å². The Hall–Kier alpha value is -1.61. The van der Waals surface area contributed by atoms with Gasteiger partial charge in [-0.3, -0.25) is 0 Å². The Morgan fingerprint density at radius 1 is 1.16 bits per heavy atom. The molecule has 0 saturated carbocycles. The molecule has 1 aliphatic heterocycles. The van der Waals surface area contributed by atoms with Crippen LogP contribution in [0.1, 0.15) is 59.6 Å². The second-order valence-electron chi connectivity index (χ2n) is 7.95. The quantitative estimate of drug-likeness (QED) is 0.647. The SMILES string of the molecule is CC(=C(F)B1OC(C)(C)C(C)(C)O1)c1cccc(C#CC(C)(C)O)c1. The lowest BCUT2D eigenvalue weighted by Gasteiger charge is -2.32. The molecule has 2 rings (SSSR count). The fourth-order valence-electron chi connectivity index (χ4n) is 2.32. The predicted molar refractivity (Wildman–Crippen MR) is 99.4 cm³/mol. The predicted octanol–water partition coefficient (Wildman–Crippen LogP) is 4.14. The van der Waals surface area contributed by atoms with E-state index in [0.29, 0.717) is 16.7 Å². The van der Waals surface area contributed by atoms with Gasteiger partial charge in [-0.1, -0.05) is 24.0 Å². The average Bonchev–Trinajstić information content (AvgIpc) is 2.71. The normalized spacial score (nSPS) is 20.0. The van der Waals surface area contributed by atoms with E-state index < -0.39 is 29.6 Å². The molecule has 0 aromatic heterocycles. The van der Waals surface area contributed by atoms with Gasteiger partial charge in [0.25, 0.3) is 0 Å². The second-order valence-corrected chi connectivity index (χ2v) is 7.95. The van der Waals surface area contributed by atoms with Crippen molar-refractivity contribution in [1.29, 1.82) is 0 Å². The standard InChI is InChI=1S/C20H26BFO3/c1-14(17(22)21-24-19(4,5)20(6,7)25-21)16-10-8-9-15(13-16)11-12-18(2,3)23/h8-10,13,23H,1-7H3. The molecule has 1 aromatic carbocycles. The van der Waals surface area contributed by atoms with Crippen LogP contribution in [0, 0.1) is 11.8 Å². The van der Waals surface area contributed by atoms with Crippen molar-refractivity contribution in [2.75, 3.05) is 0 Å². The van der Waals surface area contributed by atoms with Crippen LogP contribution in [0.15, 0.2) is 30.0 Å². The molecule has 0 unspecified atom stereocenters. The van der Waals surface area contributed by atoms with Gasteiger partial charge in [-0.15, -0.1) is 0 Å². The van der Waals surface area contributed by atoms with E-state index in [2.05, 4.69) is 11.8 Å². The molecule has 134 valence electrons. The molecule has 5 heteroatoms. The third-order valence-corrected chi connectivity index (χ3v) is 4.63. The number of hydrogen-bond acceptors (Lipinski definition) is 3. The minimum Gasteiger partial charge on any atom is -0.398 e. The van der Waals surface area contributed by atoms with Crippen LogP contribution in [0.2, 0.25) is 0 Å². The van der Waals surface area contributed by atoms with Gasteiger partial charge in [0.15, 0.2) is 0 Å². The fourth-order valence-corrected chi connectivity index (χ4v) is 2.32. The summed E-state index contributed by atoms with van der Waals surface area (Å²) in [4.78, 5) is 0. The van der Waals surface area contributed by atoms with E-state index in [1.807, 2.05) is 45.9 Å². The molecule has 0 radical (unpaired) electrons. The molecule has 1 saturated heterocycles.